The summed E-state index contributed by atoms with van der Waals surface area (Å²) < 4.78 is 3.54. The van der Waals surface area contributed by atoms with Gasteiger partial charge in [-0.2, -0.15) is 5.10 Å². The number of nitrogens with zero attached hydrogens (tertiary/aromatic N) is 6. The van der Waals surface area contributed by atoms with Crippen LogP contribution in [0.2, 0.25) is 0 Å². The van der Waals surface area contributed by atoms with Crippen LogP contribution in [0.5, 0.6) is 0 Å². The molecule has 0 unspecified atom stereocenters. The van der Waals surface area contributed by atoms with Crippen molar-refractivity contribution in [1.82, 2.24) is 34.5 Å². The quantitative estimate of drug-likeness (QED) is 0.460. The molecule has 0 saturated carbocycles. The van der Waals surface area contributed by atoms with Crippen molar-refractivity contribution in [3.05, 3.63) is 64.4 Å². The lowest BCUT2D eigenvalue weighted by atomic mass is 10.3. The Balaban J connectivity index is 1.56. The van der Waals surface area contributed by atoms with Crippen LogP contribution in [0.25, 0.3) is 27.4 Å². The molecule has 138 valence electrons. The number of benzene rings is 1. The number of hydrogen-bond acceptors (Lipinski definition) is 7. The van der Waals surface area contributed by atoms with E-state index < -0.39 is 0 Å². The van der Waals surface area contributed by atoms with Gasteiger partial charge in [-0.25, -0.2) is 9.67 Å². The summed E-state index contributed by atoms with van der Waals surface area (Å²) in [5, 5.41) is 16.3. The van der Waals surface area contributed by atoms with Crippen molar-refractivity contribution >= 4 is 34.1 Å². The zero-order valence-electron chi connectivity index (χ0n) is 14.6. The molecule has 0 aliphatic rings. The lowest BCUT2D eigenvalue weighted by Gasteiger charge is -2.04. The van der Waals surface area contributed by atoms with Crippen molar-refractivity contribution in [2.75, 3.05) is 0 Å². The highest BCUT2D eigenvalue weighted by atomic mass is 32.2. The van der Waals surface area contributed by atoms with Crippen molar-refractivity contribution in [1.29, 1.82) is 0 Å². The number of hydrogen-bond donors (Lipinski definition) is 1. The van der Waals surface area contributed by atoms with Crippen molar-refractivity contribution < 1.29 is 0 Å². The topological polar surface area (TPSA) is 94.3 Å². The maximum Gasteiger partial charge on any atom is 0.262 e. The lowest BCUT2D eigenvalue weighted by Crippen LogP contribution is -2.10. The Hall–Kier alpha value is -3.24. The number of aromatic nitrogens is 7. The van der Waals surface area contributed by atoms with E-state index in [4.69, 9.17) is 0 Å². The second-order valence-electron chi connectivity index (χ2n) is 5.94. The van der Waals surface area contributed by atoms with Gasteiger partial charge in [0, 0.05) is 7.05 Å². The highest BCUT2D eigenvalue weighted by molar-refractivity contribution is 7.99. The average Bonchev–Trinajstić information content (AvgIpc) is 3.44. The van der Waals surface area contributed by atoms with E-state index >= 15 is 0 Å². The molecular formula is C18H13N7OS2. The zero-order chi connectivity index (χ0) is 19.1. The summed E-state index contributed by atoms with van der Waals surface area (Å²) in [7, 11) is 1.89. The van der Waals surface area contributed by atoms with E-state index in [2.05, 4.69) is 25.3 Å². The van der Waals surface area contributed by atoms with Gasteiger partial charge in [0.1, 0.15) is 5.39 Å². The van der Waals surface area contributed by atoms with Gasteiger partial charge in [0.05, 0.1) is 16.8 Å². The van der Waals surface area contributed by atoms with Gasteiger partial charge >= 0.3 is 0 Å². The van der Waals surface area contributed by atoms with E-state index in [0.29, 0.717) is 21.3 Å². The van der Waals surface area contributed by atoms with E-state index in [9.17, 15) is 4.79 Å². The SMILES string of the molecule is Cn1c(Sc2nc3c(cnn3-c3ccccc3)c(=O)[nH]2)nnc1-c1cccs1. The number of nitrogens with one attached hydrogen (secondary N) is 1. The Labute approximate surface area is 166 Å². The Bertz CT molecular complexity index is 1320. The lowest BCUT2D eigenvalue weighted by molar-refractivity contribution is 0.788. The highest BCUT2D eigenvalue weighted by Gasteiger charge is 2.16. The first kappa shape index (κ1) is 16.9. The largest absolute Gasteiger partial charge is 0.304 e. The van der Waals surface area contributed by atoms with Crippen LogP contribution in [-0.4, -0.2) is 34.5 Å². The van der Waals surface area contributed by atoms with Gasteiger partial charge in [0.15, 0.2) is 21.8 Å². The normalized spacial score (nSPS) is 11.3. The third kappa shape index (κ3) is 2.83. The Morgan fingerprint density at radius 3 is 2.75 bits per heavy atom. The molecule has 0 aliphatic heterocycles. The smallest absolute Gasteiger partial charge is 0.262 e. The van der Waals surface area contributed by atoms with Crippen molar-refractivity contribution in [2.24, 2.45) is 7.05 Å². The zero-order valence-corrected chi connectivity index (χ0v) is 16.2. The van der Waals surface area contributed by atoms with E-state index in [1.165, 1.54) is 18.0 Å². The van der Waals surface area contributed by atoms with Crippen LogP contribution in [-0.2, 0) is 7.05 Å². The van der Waals surface area contributed by atoms with E-state index in [0.717, 1.165) is 16.4 Å². The summed E-state index contributed by atoms with van der Waals surface area (Å²) in [5.41, 5.74) is 1.10. The molecule has 0 bridgehead atoms. The van der Waals surface area contributed by atoms with Gasteiger partial charge in [-0.1, -0.05) is 24.3 Å². The summed E-state index contributed by atoms with van der Waals surface area (Å²) in [6, 6.07) is 13.5. The molecule has 4 heterocycles. The third-order valence-electron chi connectivity index (χ3n) is 4.18. The van der Waals surface area contributed by atoms with Gasteiger partial charge in [-0.05, 0) is 35.3 Å². The molecule has 28 heavy (non-hydrogen) atoms. The molecule has 4 aromatic heterocycles. The van der Waals surface area contributed by atoms with Crippen LogP contribution in [0.4, 0.5) is 0 Å². The first-order chi connectivity index (χ1) is 13.7. The van der Waals surface area contributed by atoms with Crippen molar-refractivity contribution in [3.63, 3.8) is 0 Å². The summed E-state index contributed by atoms with van der Waals surface area (Å²) in [5.74, 6) is 0.773. The first-order valence-corrected chi connectivity index (χ1v) is 10.0. The van der Waals surface area contributed by atoms with Gasteiger partial charge < -0.3 is 9.55 Å². The Kier molecular flexibility index (Phi) is 4.06. The molecular weight excluding hydrogens is 394 g/mol. The van der Waals surface area contributed by atoms with E-state index in [1.807, 2.05) is 59.5 Å². The Morgan fingerprint density at radius 1 is 1.11 bits per heavy atom. The van der Waals surface area contributed by atoms with Gasteiger partial charge in [-0.15, -0.1) is 21.5 Å². The van der Waals surface area contributed by atoms with Crippen molar-refractivity contribution in [2.45, 2.75) is 10.3 Å². The second kappa shape index (κ2) is 6.73. The Morgan fingerprint density at radius 2 is 1.96 bits per heavy atom. The number of para-hydroxylation sites is 1. The predicted molar refractivity (Wildman–Crippen MR) is 108 cm³/mol. The fourth-order valence-electron chi connectivity index (χ4n) is 2.82. The van der Waals surface area contributed by atoms with Gasteiger partial charge in [-0.3, -0.25) is 4.79 Å². The molecule has 0 spiro atoms. The third-order valence-corrected chi connectivity index (χ3v) is 5.97. The molecule has 0 amide bonds. The van der Waals surface area contributed by atoms with Crippen LogP contribution in [0.15, 0.2) is 69.1 Å². The minimum atomic E-state index is -0.240. The minimum Gasteiger partial charge on any atom is -0.304 e. The fourth-order valence-corrected chi connectivity index (χ4v) is 4.31. The first-order valence-electron chi connectivity index (χ1n) is 8.35. The van der Waals surface area contributed by atoms with Crippen molar-refractivity contribution in [3.8, 4) is 16.4 Å². The predicted octanol–water partition coefficient (Wildman–Crippen LogP) is 3.12. The average molecular weight is 407 g/mol. The molecule has 1 aromatic carbocycles. The number of H-pyrrole nitrogens is 1. The standard InChI is InChI=1S/C18H13N7OS2/c1-24-15(13-8-5-9-27-13)22-23-18(24)28-17-20-14-12(16(26)21-17)10-19-25(14)11-6-3-2-4-7-11/h2-10H,1H3,(H,20,21,26). The van der Waals surface area contributed by atoms with Crippen LogP contribution >= 0.6 is 23.1 Å². The number of aromatic amines is 1. The summed E-state index contributed by atoms with van der Waals surface area (Å²) >= 11 is 2.85. The number of thiophene rings is 1. The minimum absolute atomic E-state index is 0.240. The molecule has 1 N–H and O–H groups in total. The number of fused-ring (bicyclic) bond motifs is 1. The fraction of sp³-hybridized carbons (Fsp3) is 0.0556. The van der Waals surface area contributed by atoms with Gasteiger partial charge in [0.25, 0.3) is 5.56 Å². The molecule has 0 saturated heterocycles. The maximum atomic E-state index is 12.5. The molecule has 5 aromatic rings. The van der Waals surface area contributed by atoms with Crippen LogP contribution in [0, 0.1) is 0 Å². The molecule has 10 heteroatoms. The summed E-state index contributed by atoms with van der Waals surface area (Å²) in [4.78, 5) is 20.9. The second-order valence-corrected chi connectivity index (χ2v) is 7.85. The molecule has 0 fully saturated rings. The van der Waals surface area contributed by atoms with E-state index in [1.54, 1.807) is 16.0 Å². The van der Waals surface area contributed by atoms with E-state index in [-0.39, 0.29) is 5.56 Å². The van der Waals surface area contributed by atoms with Crippen LogP contribution in [0.1, 0.15) is 0 Å². The maximum absolute atomic E-state index is 12.5. The monoisotopic (exact) mass is 407 g/mol. The molecule has 0 radical (unpaired) electrons. The molecule has 5 rings (SSSR count). The highest BCUT2D eigenvalue weighted by Crippen LogP contribution is 2.28. The molecule has 8 nitrogen and oxygen atoms in total. The van der Waals surface area contributed by atoms with Gasteiger partial charge in [0.2, 0.25) is 0 Å². The van der Waals surface area contributed by atoms with Crippen LogP contribution < -0.4 is 5.56 Å². The van der Waals surface area contributed by atoms with Crippen LogP contribution in [0.3, 0.4) is 0 Å². The molecule has 0 aliphatic carbocycles. The summed E-state index contributed by atoms with van der Waals surface area (Å²) in [6.45, 7) is 0. The molecule has 0 atom stereocenters. The summed E-state index contributed by atoms with van der Waals surface area (Å²) in [6.07, 6.45) is 1.53. The number of rotatable bonds is 4.